The van der Waals surface area contributed by atoms with Crippen LogP contribution >= 0.6 is 0 Å². The second-order valence-corrected chi connectivity index (χ2v) is 17.4. The van der Waals surface area contributed by atoms with E-state index in [1.807, 2.05) is 0 Å². The molecule has 30 heavy (non-hydrogen) atoms. The summed E-state index contributed by atoms with van der Waals surface area (Å²) in [4.78, 5) is 0. The van der Waals surface area contributed by atoms with Crippen LogP contribution in [0.5, 0.6) is 0 Å². The zero-order valence-electron chi connectivity index (χ0n) is 18.8. The van der Waals surface area contributed by atoms with E-state index in [1.165, 1.54) is 33.4 Å². The number of halogens is 2. The summed E-state index contributed by atoms with van der Waals surface area (Å²) in [5.74, 6) is 1.13. The van der Waals surface area contributed by atoms with Crippen molar-refractivity contribution in [3.8, 4) is 0 Å². The fourth-order valence-electron chi connectivity index (χ4n) is 3.13. The molecule has 4 heteroatoms. The summed E-state index contributed by atoms with van der Waals surface area (Å²) in [6, 6.07) is 8.92. The first-order valence-corrected chi connectivity index (χ1v) is 16.2. The predicted octanol–water partition coefficient (Wildman–Crippen LogP) is 1.57. The Kier molecular flexibility index (Phi) is 14.1. The van der Waals surface area contributed by atoms with Gasteiger partial charge >= 0.3 is 41.9 Å². The third-order valence-corrected chi connectivity index (χ3v) is 4.52. The fourth-order valence-corrected chi connectivity index (χ4v) is 3.13. The van der Waals surface area contributed by atoms with Gasteiger partial charge in [-0.2, -0.15) is 23.3 Å². The van der Waals surface area contributed by atoms with Crippen molar-refractivity contribution in [2.45, 2.75) is 40.8 Å². The first kappa shape index (κ1) is 29.3. The number of aryl methyl sites for hydroxylation is 2. The Morgan fingerprint density at radius 1 is 0.700 bits per heavy atom. The Hall–Kier alpha value is -0.660. The van der Waals surface area contributed by atoms with E-state index in [0.717, 1.165) is 0 Å². The normalized spacial score (nSPS) is 17.5. The summed E-state index contributed by atoms with van der Waals surface area (Å²) < 4.78 is 0. The van der Waals surface area contributed by atoms with Gasteiger partial charge in [0.05, 0.1) is 0 Å². The number of fused-ring (bicyclic) bond motifs is 2. The van der Waals surface area contributed by atoms with Gasteiger partial charge in [0, 0.05) is 0 Å². The molecule has 2 aromatic rings. The maximum atomic E-state index is 2.31. The van der Waals surface area contributed by atoms with Crippen molar-refractivity contribution in [3.63, 3.8) is 0 Å². The fraction of sp³-hybridized carbons (Fsp3) is 0.308. The van der Waals surface area contributed by atoms with Crippen molar-refractivity contribution in [2.24, 2.45) is 11.8 Å². The van der Waals surface area contributed by atoms with Gasteiger partial charge in [-0.25, -0.2) is 0 Å². The summed E-state index contributed by atoms with van der Waals surface area (Å²) in [7, 11) is 0. The summed E-state index contributed by atoms with van der Waals surface area (Å²) in [6.45, 7) is 13.3. The van der Waals surface area contributed by atoms with Crippen LogP contribution in [0.1, 0.15) is 47.2 Å². The maximum absolute atomic E-state index is 2.31. The SMILES string of the molecule is C[Si](C)=[Zr+2].Cc1cc2c([cH-]1)C=CC(C)C=C2.Cc1cc2c([cH-]1)C=CC(C)C=C2.[Cl-].[Cl-]. The molecule has 0 aliphatic heterocycles. The summed E-state index contributed by atoms with van der Waals surface area (Å²) in [5.41, 5.74) is 8.33. The Morgan fingerprint density at radius 2 is 1.00 bits per heavy atom. The first-order chi connectivity index (χ1) is 13.2. The van der Waals surface area contributed by atoms with Gasteiger partial charge in [0.1, 0.15) is 0 Å². The van der Waals surface area contributed by atoms with Gasteiger partial charge in [0.15, 0.2) is 0 Å². The van der Waals surface area contributed by atoms with Crippen molar-refractivity contribution in [1.82, 2.24) is 0 Å². The van der Waals surface area contributed by atoms with Crippen molar-refractivity contribution in [2.75, 3.05) is 0 Å². The molecule has 0 spiro atoms. The number of hydrogen-bond donors (Lipinski definition) is 0. The molecule has 0 bridgehead atoms. The van der Waals surface area contributed by atoms with Crippen LogP contribution in [0.25, 0.3) is 24.3 Å². The molecule has 0 atom stereocenters. The Bertz CT molecular complexity index is 788. The zero-order valence-corrected chi connectivity index (χ0v) is 23.8. The number of hydrogen-bond acceptors (Lipinski definition) is 0. The third-order valence-electron chi connectivity index (χ3n) is 4.52. The van der Waals surface area contributed by atoms with Gasteiger partial charge in [0.2, 0.25) is 0 Å². The van der Waals surface area contributed by atoms with E-state index < -0.39 is 0 Å². The summed E-state index contributed by atoms with van der Waals surface area (Å²) >= 11 is 1.74. The van der Waals surface area contributed by atoms with Crippen LogP contribution in [0, 0.1) is 25.7 Å². The zero-order chi connectivity index (χ0) is 20.7. The van der Waals surface area contributed by atoms with Gasteiger partial charge in [-0.15, -0.1) is 70.8 Å². The first-order valence-electron chi connectivity index (χ1n) is 10.0. The standard InChI is InChI=1S/2C12H13.C2H6Si.2ClH.Zr/c2*1-9-3-5-11-7-10(2)8-12(11)6-4-9;1-3-2;;;/h2*3-9H,1-2H3;1-2H3;2*1H;/q2*-1;;;;+2/p-2. The van der Waals surface area contributed by atoms with E-state index in [4.69, 9.17) is 0 Å². The molecule has 0 radical (unpaired) electrons. The molecule has 0 heterocycles. The van der Waals surface area contributed by atoms with E-state index in [-0.39, 0.29) is 30.2 Å². The summed E-state index contributed by atoms with van der Waals surface area (Å²) in [6.07, 6.45) is 17.8. The minimum Gasteiger partial charge on any atom is -1.00 e. The number of rotatable bonds is 0. The van der Waals surface area contributed by atoms with Gasteiger partial charge in [0.25, 0.3) is 0 Å². The van der Waals surface area contributed by atoms with E-state index in [1.54, 1.807) is 23.3 Å². The van der Waals surface area contributed by atoms with E-state index in [9.17, 15) is 0 Å². The molecule has 2 aliphatic carbocycles. The largest absolute Gasteiger partial charge is 1.00 e. The second-order valence-electron chi connectivity index (χ2n) is 8.04. The molecular formula is C26H32Cl2SiZr-2. The van der Waals surface area contributed by atoms with Crippen LogP contribution < -0.4 is 24.8 Å². The molecule has 0 saturated heterocycles. The summed E-state index contributed by atoms with van der Waals surface area (Å²) in [5, 5.41) is 0. The van der Waals surface area contributed by atoms with E-state index in [2.05, 4.69) is 114 Å². The van der Waals surface area contributed by atoms with Gasteiger partial charge in [-0.05, 0) is 11.8 Å². The Balaban J connectivity index is 0.000000452. The molecule has 0 amide bonds. The van der Waals surface area contributed by atoms with Gasteiger partial charge in [-0.1, -0.05) is 39.8 Å². The van der Waals surface area contributed by atoms with Crippen LogP contribution in [0.2, 0.25) is 13.1 Å². The molecule has 0 N–H and O–H groups in total. The number of allylic oxidation sites excluding steroid dienone is 4. The monoisotopic (exact) mass is 532 g/mol. The molecule has 0 aromatic heterocycles. The van der Waals surface area contributed by atoms with E-state index in [0.29, 0.717) is 11.8 Å². The van der Waals surface area contributed by atoms with Crippen molar-refractivity contribution >= 4 is 29.7 Å². The molecule has 160 valence electrons. The van der Waals surface area contributed by atoms with Crippen molar-refractivity contribution < 1.29 is 48.1 Å². The average molecular weight is 535 g/mol. The van der Waals surface area contributed by atoms with Crippen LogP contribution in [0.3, 0.4) is 0 Å². The van der Waals surface area contributed by atoms with Crippen LogP contribution in [0.4, 0.5) is 0 Å². The van der Waals surface area contributed by atoms with Crippen LogP contribution in [0.15, 0.2) is 48.6 Å². The van der Waals surface area contributed by atoms with Crippen molar-refractivity contribution in [1.29, 1.82) is 0 Å². The van der Waals surface area contributed by atoms with Crippen molar-refractivity contribution in [3.05, 3.63) is 82.0 Å². The minimum absolute atomic E-state index is 0. The average Bonchev–Trinajstić information content (AvgIpc) is 3.04. The molecule has 0 unspecified atom stereocenters. The van der Waals surface area contributed by atoms with Crippen LogP contribution in [-0.4, -0.2) is 5.43 Å². The maximum Gasteiger partial charge on any atom is -0.0168 e. The Morgan fingerprint density at radius 3 is 1.33 bits per heavy atom. The quantitative estimate of drug-likeness (QED) is 0.356. The predicted molar refractivity (Wildman–Crippen MR) is 125 cm³/mol. The molecule has 4 rings (SSSR count). The molecule has 0 nitrogen and oxygen atoms in total. The molecule has 0 fully saturated rings. The van der Waals surface area contributed by atoms with Gasteiger partial charge in [-0.3, -0.25) is 0 Å². The molecule has 0 saturated carbocycles. The molecule has 2 aliphatic rings. The molecular weight excluding hydrogens is 503 g/mol. The minimum atomic E-state index is 0. The smallest absolute Gasteiger partial charge is 0.0168 e. The Labute approximate surface area is 211 Å². The topological polar surface area (TPSA) is 0 Å². The van der Waals surface area contributed by atoms with Crippen LogP contribution in [-0.2, 0) is 23.3 Å². The van der Waals surface area contributed by atoms with E-state index >= 15 is 0 Å². The third kappa shape index (κ3) is 10.1. The second kappa shape index (κ2) is 14.4. The molecule has 2 aromatic carbocycles. The van der Waals surface area contributed by atoms with Gasteiger partial charge < -0.3 is 24.8 Å².